The lowest BCUT2D eigenvalue weighted by molar-refractivity contribution is -0.148. The van der Waals surface area contributed by atoms with Crippen molar-refractivity contribution in [2.24, 2.45) is 0 Å². The third-order valence-corrected chi connectivity index (χ3v) is 3.37. The summed E-state index contributed by atoms with van der Waals surface area (Å²) >= 11 is 0. The van der Waals surface area contributed by atoms with Crippen LogP contribution in [0.5, 0.6) is 0 Å². The second kappa shape index (κ2) is 6.71. The number of methoxy groups -OCH3 is 1. The van der Waals surface area contributed by atoms with Crippen LogP contribution in [-0.4, -0.2) is 33.2 Å². The van der Waals surface area contributed by atoms with Crippen LogP contribution in [0.15, 0.2) is 35.9 Å². The summed E-state index contributed by atoms with van der Waals surface area (Å²) in [7, 11) is -5.92. The van der Waals surface area contributed by atoms with Crippen molar-refractivity contribution in [1.82, 2.24) is 0 Å². The average Bonchev–Trinajstić information content (AvgIpc) is 2.44. The molecular formula is C12H8F6O5S. The van der Waals surface area contributed by atoms with Gasteiger partial charge in [-0.15, -0.1) is 0 Å². The molecule has 0 heterocycles. The Hall–Kier alpha value is -2.24. The van der Waals surface area contributed by atoms with Crippen LogP contribution in [0.4, 0.5) is 26.3 Å². The number of rotatable bonds is 4. The maximum Gasteiger partial charge on any atom is 0.534 e. The number of esters is 1. The van der Waals surface area contributed by atoms with Crippen molar-refractivity contribution >= 4 is 21.8 Å². The van der Waals surface area contributed by atoms with Crippen molar-refractivity contribution < 1.29 is 48.5 Å². The largest absolute Gasteiger partial charge is 0.534 e. The van der Waals surface area contributed by atoms with Crippen LogP contribution in [0.1, 0.15) is 5.56 Å². The lowest BCUT2D eigenvalue weighted by Crippen LogP contribution is -2.29. The molecule has 0 bridgehead atoms. The Kier molecular flexibility index (Phi) is 5.54. The predicted molar refractivity (Wildman–Crippen MR) is 67.5 cm³/mol. The highest BCUT2D eigenvalue weighted by molar-refractivity contribution is 7.87. The van der Waals surface area contributed by atoms with Crippen molar-refractivity contribution in [1.29, 1.82) is 0 Å². The van der Waals surface area contributed by atoms with Crippen LogP contribution in [0.25, 0.3) is 5.76 Å². The first kappa shape index (κ1) is 19.8. The maximum absolute atomic E-state index is 13.1. The van der Waals surface area contributed by atoms with Gasteiger partial charge < -0.3 is 8.92 Å². The van der Waals surface area contributed by atoms with Gasteiger partial charge in [-0.25, -0.2) is 4.79 Å². The molecule has 0 aromatic heterocycles. The SMILES string of the molecule is COC(=O)/C(=C(\OS(=O)(=O)C(F)(F)F)c1ccccc1)C(F)(F)F. The van der Waals surface area contributed by atoms with Crippen molar-refractivity contribution in [3.63, 3.8) is 0 Å². The molecule has 0 saturated carbocycles. The van der Waals surface area contributed by atoms with Gasteiger partial charge in [0.2, 0.25) is 0 Å². The molecule has 1 aromatic rings. The first-order valence-corrected chi connectivity index (χ1v) is 7.18. The van der Waals surface area contributed by atoms with E-state index in [4.69, 9.17) is 0 Å². The highest BCUT2D eigenvalue weighted by atomic mass is 32.2. The minimum absolute atomic E-state index is 0.537. The summed E-state index contributed by atoms with van der Waals surface area (Å²) in [6.07, 6.45) is -5.54. The zero-order valence-corrected chi connectivity index (χ0v) is 12.4. The zero-order chi connectivity index (χ0) is 18.8. The van der Waals surface area contributed by atoms with E-state index >= 15 is 0 Å². The molecule has 12 heteroatoms. The minimum atomic E-state index is -6.46. The van der Waals surface area contributed by atoms with Crippen molar-refractivity contribution in [3.05, 3.63) is 41.5 Å². The normalized spacial score (nSPS) is 14.0. The van der Waals surface area contributed by atoms with Gasteiger partial charge in [-0.1, -0.05) is 30.3 Å². The van der Waals surface area contributed by atoms with E-state index < -0.39 is 44.7 Å². The molecule has 0 radical (unpaired) electrons. The Labute approximate surface area is 131 Å². The highest BCUT2D eigenvalue weighted by Gasteiger charge is 2.51. The van der Waals surface area contributed by atoms with Crippen molar-refractivity contribution in [2.45, 2.75) is 11.7 Å². The minimum Gasteiger partial charge on any atom is -0.465 e. The van der Waals surface area contributed by atoms with Gasteiger partial charge in [-0.3, -0.25) is 0 Å². The molecular weight excluding hydrogens is 370 g/mol. The molecule has 0 amide bonds. The van der Waals surface area contributed by atoms with E-state index in [1.807, 2.05) is 0 Å². The zero-order valence-electron chi connectivity index (χ0n) is 11.6. The number of halogens is 6. The Bertz CT molecular complexity index is 733. The lowest BCUT2D eigenvalue weighted by atomic mass is 10.1. The fourth-order valence-electron chi connectivity index (χ4n) is 1.42. The summed E-state index contributed by atoms with van der Waals surface area (Å²) in [5.41, 5.74) is -9.05. The molecule has 0 unspecified atom stereocenters. The van der Waals surface area contributed by atoms with E-state index in [-0.39, 0.29) is 0 Å². The van der Waals surface area contributed by atoms with Gasteiger partial charge in [0.1, 0.15) is 0 Å². The van der Waals surface area contributed by atoms with Gasteiger partial charge in [0.25, 0.3) is 0 Å². The molecule has 1 rings (SSSR count). The summed E-state index contributed by atoms with van der Waals surface area (Å²) in [5.74, 6) is -3.95. The van der Waals surface area contributed by atoms with E-state index in [1.165, 1.54) is 6.07 Å². The number of alkyl halides is 6. The lowest BCUT2D eigenvalue weighted by Gasteiger charge is -2.17. The number of carbonyl (C=O) groups is 1. The average molecular weight is 378 g/mol. The van der Waals surface area contributed by atoms with Crippen LogP contribution in [0.3, 0.4) is 0 Å². The number of ether oxygens (including phenoxy) is 1. The molecule has 1 aromatic carbocycles. The molecule has 0 atom stereocenters. The smallest absolute Gasteiger partial charge is 0.465 e. The second-order valence-electron chi connectivity index (χ2n) is 4.04. The van der Waals surface area contributed by atoms with E-state index in [0.29, 0.717) is 7.11 Å². The highest BCUT2D eigenvalue weighted by Crippen LogP contribution is 2.37. The third kappa shape index (κ3) is 4.40. The molecule has 0 saturated heterocycles. The van der Waals surface area contributed by atoms with E-state index in [1.54, 1.807) is 0 Å². The topological polar surface area (TPSA) is 69.7 Å². The van der Waals surface area contributed by atoms with Gasteiger partial charge in [0.05, 0.1) is 7.11 Å². The van der Waals surface area contributed by atoms with E-state index in [9.17, 15) is 39.6 Å². The molecule has 0 N–H and O–H groups in total. The molecule has 0 spiro atoms. The Morgan fingerprint density at radius 3 is 1.88 bits per heavy atom. The van der Waals surface area contributed by atoms with Gasteiger partial charge in [-0.2, -0.15) is 34.8 Å². The molecule has 5 nitrogen and oxygen atoms in total. The van der Waals surface area contributed by atoms with Crippen LogP contribution in [0.2, 0.25) is 0 Å². The van der Waals surface area contributed by atoms with Gasteiger partial charge in [-0.05, 0) is 0 Å². The predicted octanol–water partition coefficient (Wildman–Crippen LogP) is 3.00. The standard InChI is InChI=1S/C12H8F6O5S/c1-22-10(19)8(11(13,14)15)9(7-5-3-2-4-6-7)23-24(20,21)12(16,17)18/h2-6H,1H3/b9-8+. The monoisotopic (exact) mass is 378 g/mol. The molecule has 0 fully saturated rings. The van der Waals surface area contributed by atoms with Gasteiger partial charge in [0, 0.05) is 5.56 Å². The van der Waals surface area contributed by atoms with Crippen LogP contribution in [-0.2, 0) is 23.8 Å². The fraction of sp³-hybridized carbons (Fsp3) is 0.250. The number of carbonyl (C=O) groups excluding carboxylic acids is 1. The molecule has 0 aliphatic rings. The second-order valence-corrected chi connectivity index (χ2v) is 5.58. The molecule has 24 heavy (non-hydrogen) atoms. The van der Waals surface area contributed by atoms with Crippen LogP contribution >= 0.6 is 0 Å². The summed E-state index contributed by atoms with van der Waals surface area (Å²) in [5, 5.41) is 0. The summed E-state index contributed by atoms with van der Waals surface area (Å²) in [6, 6.07) is 5.16. The first-order valence-electron chi connectivity index (χ1n) is 5.77. The van der Waals surface area contributed by atoms with Crippen LogP contribution in [0, 0.1) is 0 Å². The van der Waals surface area contributed by atoms with Gasteiger partial charge >= 0.3 is 27.8 Å². The Morgan fingerprint density at radius 1 is 1.00 bits per heavy atom. The maximum atomic E-state index is 13.1. The number of hydrogen-bond acceptors (Lipinski definition) is 5. The number of hydrogen-bond donors (Lipinski definition) is 0. The van der Waals surface area contributed by atoms with Crippen molar-refractivity contribution in [2.75, 3.05) is 7.11 Å². The summed E-state index contributed by atoms with van der Waals surface area (Å²) < 4.78 is 106. The quantitative estimate of drug-likeness (QED) is 0.201. The van der Waals surface area contributed by atoms with Gasteiger partial charge in [0.15, 0.2) is 11.3 Å². The van der Waals surface area contributed by atoms with E-state index in [0.717, 1.165) is 24.3 Å². The fourth-order valence-corrected chi connectivity index (χ4v) is 1.91. The van der Waals surface area contributed by atoms with Crippen LogP contribution < -0.4 is 0 Å². The van der Waals surface area contributed by atoms with Crippen molar-refractivity contribution in [3.8, 4) is 0 Å². The number of benzene rings is 1. The molecule has 134 valence electrons. The summed E-state index contributed by atoms with van der Waals surface area (Å²) in [4.78, 5) is 11.4. The third-order valence-electron chi connectivity index (χ3n) is 2.41. The Balaban J connectivity index is 3.72. The first-order chi connectivity index (χ1) is 10.8. The summed E-state index contributed by atoms with van der Waals surface area (Å²) in [6.45, 7) is 0. The molecule has 0 aliphatic heterocycles. The van der Waals surface area contributed by atoms with E-state index in [2.05, 4.69) is 8.92 Å². The molecule has 0 aliphatic carbocycles. The Morgan fingerprint density at radius 2 is 1.50 bits per heavy atom.